The Bertz CT molecular complexity index is 944. The van der Waals surface area contributed by atoms with Crippen LogP contribution >= 0.6 is 22.7 Å². The predicted octanol–water partition coefficient (Wildman–Crippen LogP) is 5.23. The van der Waals surface area contributed by atoms with Gasteiger partial charge in [-0.25, -0.2) is 9.97 Å². The van der Waals surface area contributed by atoms with Crippen molar-refractivity contribution in [2.75, 3.05) is 18.0 Å². The van der Waals surface area contributed by atoms with Gasteiger partial charge in [-0.2, -0.15) is 0 Å². The summed E-state index contributed by atoms with van der Waals surface area (Å²) in [7, 11) is 0. The molecule has 25 heavy (non-hydrogen) atoms. The smallest absolute Gasteiger partial charge is 0.187 e. The number of hydrogen-bond donors (Lipinski definition) is 0. The number of epoxide rings is 1. The van der Waals surface area contributed by atoms with E-state index in [2.05, 4.69) is 32.0 Å². The molecule has 128 valence electrons. The molecule has 2 unspecified atom stereocenters. The van der Waals surface area contributed by atoms with E-state index in [4.69, 9.17) is 4.74 Å². The minimum Gasteiger partial charge on any atom is -0.362 e. The molecule has 2 saturated heterocycles. The average Bonchev–Trinajstić information content (AvgIpc) is 3.11. The lowest BCUT2D eigenvalue weighted by molar-refractivity contribution is 0.383. The van der Waals surface area contributed by atoms with Gasteiger partial charge in [0.1, 0.15) is 11.1 Å². The molecule has 8 heteroatoms. The molecule has 4 heterocycles. The summed E-state index contributed by atoms with van der Waals surface area (Å²) < 4.78 is 6.63. The van der Waals surface area contributed by atoms with Gasteiger partial charge in [0.15, 0.2) is 10.1 Å². The summed E-state index contributed by atoms with van der Waals surface area (Å²) in [5.74, 6) is 0. The molecule has 0 spiro atoms. The molecule has 3 aromatic rings. The number of aromatic nitrogens is 2. The van der Waals surface area contributed by atoms with Gasteiger partial charge < -0.3 is 9.64 Å². The summed E-state index contributed by atoms with van der Waals surface area (Å²) in [4.78, 5) is 11.4. The first kappa shape index (κ1) is 15.4. The SMILES string of the molecule is CC1OC1c1nc2ccc(N=Nc3cnc(N4CCCC4)s3)cc2s1. The van der Waals surface area contributed by atoms with Crippen molar-refractivity contribution in [1.82, 2.24) is 9.97 Å². The predicted molar refractivity (Wildman–Crippen MR) is 101 cm³/mol. The summed E-state index contributed by atoms with van der Waals surface area (Å²) in [6.45, 7) is 4.26. The Morgan fingerprint density at radius 2 is 2.04 bits per heavy atom. The van der Waals surface area contributed by atoms with Crippen LogP contribution in [0, 0.1) is 0 Å². The number of azo groups is 1. The number of thiazole rings is 2. The normalized spacial score (nSPS) is 23.2. The fourth-order valence-electron chi connectivity index (χ4n) is 3.02. The second kappa shape index (κ2) is 6.12. The van der Waals surface area contributed by atoms with Crippen molar-refractivity contribution in [3.8, 4) is 0 Å². The van der Waals surface area contributed by atoms with Gasteiger partial charge in [0.05, 0.1) is 28.2 Å². The van der Waals surface area contributed by atoms with E-state index in [0.717, 1.165) is 44.1 Å². The molecule has 0 radical (unpaired) electrons. The van der Waals surface area contributed by atoms with Crippen LogP contribution in [-0.4, -0.2) is 29.2 Å². The van der Waals surface area contributed by atoms with Crippen LogP contribution in [0.5, 0.6) is 0 Å². The Balaban J connectivity index is 1.35. The number of fused-ring (bicyclic) bond motifs is 1. The summed E-state index contributed by atoms with van der Waals surface area (Å²) in [6.07, 6.45) is 4.76. The Morgan fingerprint density at radius 1 is 1.20 bits per heavy atom. The quantitative estimate of drug-likeness (QED) is 0.465. The maximum absolute atomic E-state index is 5.51. The van der Waals surface area contributed by atoms with E-state index in [1.165, 1.54) is 12.8 Å². The number of hydrogen-bond acceptors (Lipinski definition) is 8. The number of nitrogens with zero attached hydrogens (tertiary/aromatic N) is 5. The zero-order chi connectivity index (χ0) is 16.8. The summed E-state index contributed by atoms with van der Waals surface area (Å²) in [5, 5.41) is 11.7. The lowest BCUT2D eigenvalue weighted by atomic mass is 10.3. The fraction of sp³-hybridized carbons (Fsp3) is 0.412. The third kappa shape index (κ3) is 3.05. The van der Waals surface area contributed by atoms with Crippen molar-refractivity contribution in [2.45, 2.75) is 32.0 Å². The van der Waals surface area contributed by atoms with Gasteiger partial charge in [0.25, 0.3) is 0 Å². The van der Waals surface area contributed by atoms with E-state index < -0.39 is 0 Å². The first-order chi connectivity index (χ1) is 12.3. The topological polar surface area (TPSA) is 66.3 Å². The van der Waals surface area contributed by atoms with Crippen molar-refractivity contribution in [3.05, 3.63) is 29.4 Å². The van der Waals surface area contributed by atoms with Crippen LogP contribution in [0.2, 0.25) is 0 Å². The number of rotatable bonds is 4. The second-order valence-electron chi connectivity index (χ2n) is 6.34. The molecule has 0 amide bonds. The van der Waals surface area contributed by atoms with E-state index in [1.54, 1.807) is 28.9 Å². The first-order valence-electron chi connectivity index (χ1n) is 8.45. The molecule has 1 aromatic carbocycles. The fourth-order valence-corrected chi connectivity index (χ4v) is 4.95. The van der Waals surface area contributed by atoms with Crippen molar-refractivity contribution in [2.24, 2.45) is 10.2 Å². The van der Waals surface area contributed by atoms with Crippen molar-refractivity contribution < 1.29 is 4.74 Å². The molecular weight excluding hydrogens is 354 g/mol. The Kier molecular flexibility index (Phi) is 3.76. The summed E-state index contributed by atoms with van der Waals surface area (Å²) in [6, 6.07) is 5.99. The van der Waals surface area contributed by atoms with E-state index in [0.29, 0.717) is 0 Å². The lowest BCUT2D eigenvalue weighted by Crippen LogP contribution is -2.16. The molecule has 2 aliphatic heterocycles. The van der Waals surface area contributed by atoms with Gasteiger partial charge in [0, 0.05) is 13.1 Å². The number of benzene rings is 1. The Labute approximate surface area is 153 Å². The zero-order valence-corrected chi connectivity index (χ0v) is 15.4. The van der Waals surface area contributed by atoms with Gasteiger partial charge in [-0.15, -0.1) is 21.6 Å². The van der Waals surface area contributed by atoms with Gasteiger partial charge in [-0.3, -0.25) is 0 Å². The zero-order valence-electron chi connectivity index (χ0n) is 13.8. The molecule has 2 aromatic heterocycles. The van der Waals surface area contributed by atoms with Crippen molar-refractivity contribution in [1.29, 1.82) is 0 Å². The highest BCUT2D eigenvalue weighted by Crippen LogP contribution is 2.42. The first-order valence-corrected chi connectivity index (χ1v) is 10.1. The molecule has 2 atom stereocenters. The summed E-state index contributed by atoms with van der Waals surface area (Å²) in [5.41, 5.74) is 1.83. The summed E-state index contributed by atoms with van der Waals surface area (Å²) >= 11 is 3.27. The van der Waals surface area contributed by atoms with E-state index in [1.807, 2.05) is 18.2 Å². The van der Waals surface area contributed by atoms with Gasteiger partial charge in [0.2, 0.25) is 0 Å². The van der Waals surface area contributed by atoms with Crippen molar-refractivity contribution >= 4 is 48.7 Å². The minimum atomic E-state index is 0.170. The minimum absolute atomic E-state index is 0.170. The number of ether oxygens (including phenoxy) is 1. The van der Waals surface area contributed by atoms with Crippen LogP contribution in [0.15, 0.2) is 34.6 Å². The number of anilines is 1. The van der Waals surface area contributed by atoms with E-state index >= 15 is 0 Å². The maximum atomic E-state index is 5.51. The molecule has 2 aliphatic rings. The van der Waals surface area contributed by atoms with Gasteiger partial charge in [-0.1, -0.05) is 11.3 Å². The highest BCUT2D eigenvalue weighted by molar-refractivity contribution is 7.19. The van der Waals surface area contributed by atoms with Crippen LogP contribution in [-0.2, 0) is 4.74 Å². The molecule has 0 aliphatic carbocycles. The molecule has 6 nitrogen and oxygen atoms in total. The van der Waals surface area contributed by atoms with Crippen LogP contribution in [0.25, 0.3) is 10.2 Å². The molecule has 2 fully saturated rings. The molecule has 0 N–H and O–H groups in total. The van der Waals surface area contributed by atoms with Crippen LogP contribution in [0.4, 0.5) is 15.8 Å². The van der Waals surface area contributed by atoms with Crippen molar-refractivity contribution in [3.63, 3.8) is 0 Å². The Morgan fingerprint density at radius 3 is 2.84 bits per heavy atom. The molecular formula is C17H17N5OS2. The molecule has 5 rings (SSSR count). The average molecular weight is 371 g/mol. The highest BCUT2D eigenvalue weighted by atomic mass is 32.1. The second-order valence-corrected chi connectivity index (χ2v) is 8.39. The van der Waals surface area contributed by atoms with Crippen LogP contribution < -0.4 is 4.90 Å². The van der Waals surface area contributed by atoms with Gasteiger partial charge in [-0.05, 0) is 38.0 Å². The molecule has 0 saturated carbocycles. The maximum Gasteiger partial charge on any atom is 0.187 e. The molecule has 0 bridgehead atoms. The Hall–Kier alpha value is -1.90. The third-order valence-electron chi connectivity index (χ3n) is 4.46. The highest BCUT2D eigenvalue weighted by Gasteiger charge is 2.38. The van der Waals surface area contributed by atoms with Gasteiger partial charge >= 0.3 is 0 Å². The van der Waals surface area contributed by atoms with E-state index in [9.17, 15) is 0 Å². The monoisotopic (exact) mass is 371 g/mol. The van der Waals surface area contributed by atoms with E-state index in [-0.39, 0.29) is 12.2 Å². The third-order valence-corrected chi connectivity index (χ3v) is 6.49. The van der Waals surface area contributed by atoms with Crippen LogP contribution in [0.1, 0.15) is 30.9 Å². The lowest BCUT2D eigenvalue weighted by Gasteiger charge is -2.11. The van der Waals surface area contributed by atoms with Crippen LogP contribution in [0.3, 0.4) is 0 Å². The largest absolute Gasteiger partial charge is 0.362 e. The standard InChI is InChI=1S/C17H17N5OS2/c1-10-15(23-10)16-19-12-5-4-11(8-13(12)24-16)20-21-14-9-18-17(25-14)22-6-2-3-7-22/h4-5,8-10,15H,2-3,6-7H2,1H3.